The predicted octanol–water partition coefficient (Wildman–Crippen LogP) is 2.60. The maximum Gasteiger partial charge on any atom is 0.293 e. The van der Waals surface area contributed by atoms with Crippen LogP contribution in [0.5, 0.6) is 0 Å². The molecular formula is C13H23N3OS. The summed E-state index contributed by atoms with van der Waals surface area (Å²) in [5.41, 5.74) is -0.0396. The summed E-state index contributed by atoms with van der Waals surface area (Å²) in [6, 6.07) is 0. The Hall–Kier alpha value is -0.970. The molecule has 0 unspecified atom stereocenters. The van der Waals surface area contributed by atoms with Crippen molar-refractivity contribution in [3.05, 3.63) is 22.7 Å². The van der Waals surface area contributed by atoms with Crippen LogP contribution in [0.15, 0.2) is 17.2 Å². The lowest BCUT2D eigenvalue weighted by molar-refractivity contribution is 0.572. The molecule has 5 heteroatoms. The molecule has 1 aromatic heterocycles. The van der Waals surface area contributed by atoms with Crippen molar-refractivity contribution in [3.8, 4) is 0 Å². The van der Waals surface area contributed by atoms with Gasteiger partial charge in [0.1, 0.15) is 0 Å². The van der Waals surface area contributed by atoms with Crippen molar-refractivity contribution in [2.75, 3.05) is 18.1 Å². The Labute approximate surface area is 113 Å². The van der Waals surface area contributed by atoms with E-state index in [4.69, 9.17) is 0 Å². The smallest absolute Gasteiger partial charge is 0.293 e. The molecule has 0 aliphatic heterocycles. The molecule has 0 amide bonds. The molecule has 0 saturated heterocycles. The van der Waals surface area contributed by atoms with Gasteiger partial charge in [-0.1, -0.05) is 13.8 Å². The molecule has 0 aliphatic carbocycles. The molecule has 0 radical (unpaired) electrons. The molecule has 0 fully saturated rings. The molecule has 18 heavy (non-hydrogen) atoms. The monoisotopic (exact) mass is 269 g/mol. The second-order valence-electron chi connectivity index (χ2n) is 4.31. The summed E-state index contributed by atoms with van der Waals surface area (Å²) in [6.07, 6.45) is 7.66. The molecule has 0 aromatic carbocycles. The number of rotatable bonds is 7. The van der Waals surface area contributed by atoms with Gasteiger partial charge < -0.3 is 9.88 Å². The lowest BCUT2D eigenvalue weighted by Gasteiger charge is -2.29. The lowest BCUT2D eigenvalue weighted by atomic mass is 10.0. The molecule has 4 nitrogen and oxygen atoms in total. The molecule has 0 atom stereocenters. The van der Waals surface area contributed by atoms with Crippen LogP contribution in [-0.4, -0.2) is 27.1 Å². The van der Waals surface area contributed by atoms with E-state index in [2.05, 4.69) is 30.4 Å². The van der Waals surface area contributed by atoms with Crippen molar-refractivity contribution in [3.63, 3.8) is 0 Å². The third-order valence-corrected chi connectivity index (χ3v) is 5.14. The molecule has 0 aliphatic rings. The fourth-order valence-electron chi connectivity index (χ4n) is 1.92. The summed E-state index contributed by atoms with van der Waals surface area (Å²) in [7, 11) is 0. The predicted molar refractivity (Wildman–Crippen MR) is 79.5 cm³/mol. The Morgan fingerprint density at radius 2 is 2.06 bits per heavy atom. The Kier molecular flexibility index (Phi) is 5.72. The Balaban J connectivity index is 2.83. The fourth-order valence-corrected chi connectivity index (χ4v) is 2.72. The van der Waals surface area contributed by atoms with Gasteiger partial charge in [0.15, 0.2) is 5.82 Å². The van der Waals surface area contributed by atoms with Gasteiger partial charge in [-0.2, -0.15) is 11.8 Å². The molecule has 102 valence electrons. The van der Waals surface area contributed by atoms with Gasteiger partial charge >= 0.3 is 0 Å². The first-order valence-corrected chi connectivity index (χ1v) is 7.69. The molecule has 0 bridgehead atoms. The molecule has 1 rings (SSSR count). The number of anilines is 1. The minimum atomic E-state index is -0.0396. The van der Waals surface area contributed by atoms with E-state index < -0.39 is 0 Å². The average molecular weight is 269 g/mol. The first kappa shape index (κ1) is 15.1. The number of nitrogens with zero attached hydrogens (tertiary/aromatic N) is 2. The van der Waals surface area contributed by atoms with E-state index in [1.165, 1.54) is 0 Å². The maximum atomic E-state index is 12.0. The molecular weight excluding hydrogens is 246 g/mol. The maximum absolute atomic E-state index is 12.0. The highest BCUT2D eigenvalue weighted by molar-refractivity contribution is 8.00. The van der Waals surface area contributed by atoms with Crippen molar-refractivity contribution in [2.24, 2.45) is 0 Å². The van der Waals surface area contributed by atoms with Gasteiger partial charge in [0.2, 0.25) is 0 Å². The van der Waals surface area contributed by atoms with Crippen LogP contribution in [0.2, 0.25) is 0 Å². The second-order valence-corrected chi connectivity index (χ2v) is 5.59. The number of hydrogen-bond donors (Lipinski definition) is 1. The SMILES string of the molecule is CCn1ccnc(NCC(CC)(CC)SC)c1=O. The summed E-state index contributed by atoms with van der Waals surface area (Å²) in [5.74, 6) is 0.458. The number of aryl methyl sites for hydroxylation is 1. The number of nitrogens with one attached hydrogen (secondary N) is 1. The molecule has 1 N–H and O–H groups in total. The highest BCUT2D eigenvalue weighted by Crippen LogP contribution is 2.30. The minimum absolute atomic E-state index is 0.0396. The Morgan fingerprint density at radius 3 is 2.56 bits per heavy atom. The van der Waals surface area contributed by atoms with E-state index in [0.717, 1.165) is 19.4 Å². The van der Waals surface area contributed by atoms with E-state index in [-0.39, 0.29) is 10.3 Å². The van der Waals surface area contributed by atoms with Crippen LogP contribution in [0.4, 0.5) is 5.82 Å². The topological polar surface area (TPSA) is 46.9 Å². The van der Waals surface area contributed by atoms with Crippen LogP contribution in [0.25, 0.3) is 0 Å². The van der Waals surface area contributed by atoms with Gasteiger partial charge in [-0.05, 0) is 26.0 Å². The van der Waals surface area contributed by atoms with Gasteiger partial charge in [-0.15, -0.1) is 0 Å². The molecule has 0 spiro atoms. The minimum Gasteiger partial charge on any atom is -0.364 e. The van der Waals surface area contributed by atoms with Crippen molar-refractivity contribution < 1.29 is 0 Å². The second kappa shape index (κ2) is 6.83. The zero-order chi connectivity index (χ0) is 13.6. The van der Waals surface area contributed by atoms with E-state index in [9.17, 15) is 4.79 Å². The molecule has 0 saturated carbocycles. The van der Waals surface area contributed by atoms with E-state index in [1.807, 2.05) is 18.7 Å². The van der Waals surface area contributed by atoms with Crippen LogP contribution in [0.3, 0.4) is 0 Å². The van der Waals surface area contributed by atoms with Crippen molar-refractivity contribution in [1.82, 2.24) is 9.55 Å². The summed E-state index contributed by atoms with van der Waals surface area (Å²) in [5, 5.41) is 3.22. The lowest BCUT2D eigenvalue weighted by Crippen LogP contribution is -2.34. The van der Waals surface area contributed by atoms with Crippen LogP contribution >= 0.6 is 11.8 Å². The van der Waals surface area contributed by atoms with Gasteiger partial charge in [-0.3, -0.25) is 4.79 Å². The van der Waals surface area contributed by atoms with Crippen LogP contribution < -0.4 is 10.9 Å². The number of aromatic nitrogens is 2. The summed E-state index contributed by atoms with van der Waals surface area (Å²) >= 11 is 1.85. The Morgan fingerprint density at radius 1 is 1.39 bits per heavy atom. The van der Waals surface area contributed by atoms with Crippen molar-refractivity contribution >= 4 is 17.6 Å². The van der Waals surface area contributed by atoms with Crippen LogP contribution in [0.1, 0.15) is 33.6 Å². The quantitative estimate of drug-likeness (QED) is 0.826. The summed E-state index contributed by atoms with van der Waals surface area (Å²) in [6.45, 7) is 7.77. The zero-order valence-corrected chi connectivity index (χ0v) is 12.5. The van der Waals surface area contributed by atoms with E-state index >= 15 is 0 Å². The van der Waals surface area contributed by atoms with Crippen molar-refractivity contribution in [2.45, 2.75) is 44.9 Å². The van der Waals surface area contributed by atoms with Gasteiger partial charge in [-0.25, -0.2) is 4.98 Å². The number of hydrogen-bond acceptors (Lipinski definition) is 4. The van der Waals surface area contributed by atoms with Crippen LogP contribution in [-0.2, 0) is 6.54 Å². The largest absolute Gasteiger partial charge is 0.364 e. The highest BCUT2D eigenvalue weighted by Gasteiger charge is 2.25. The average Bonchev–Trinajstić information content (AvgIpc) is 2.42. The number of thioether (sulfide) groups is 1. The highest BCUT2D eigenvalue weighted by atomic mass is 32.2. The van der Waals surface area contributed by atoms with Gasteiger partial charge in [0, 0.05) is 30.2 Å². The third kappa shape index (κ3) is 3.28. The van der Waals surface area contributed by atoms with Crippen molar-refractivity contribution in [1.29, 1.82) is 0 Å². The third-order valence-electron chi connectivity index (χ3n) is 3.55. The van der Waals surface area contributed by atoms with E-state index in [0.29, 0.717) is 12.4 Å². The fraction of sp³-hybridized carbons (Fsp3) is 0.692. The van der Waals surface area contributed by atoms with Gasteiger partial charge in [0.25, 0.3) is 5.56 Å². The van der Waals surface area contributed by atoms with Gasteiger partial charge in [0.05, 0.1) is 0 Å². The van der Waals surface area contributed by atoms with E-state index in [1.54, 1.807) is 17.0 Å². The summed E-state index contributed by atoms with van der Waals surface area (Å²) in [4.78, 5) is 16.2. The Bertz CT molecular complexity index is 418. The molecule has 1 aromatic rings. The molecule has 1 heterocycles. The first-order chi connectivity index (χ1) is 8.62. The first-order valence-electron chi connectivity index (χ1n) is 6.47. The van der Waals surface area contributed by atoms with Crippen LogP contribution in [0, 0.1) is 0 Å². The zero-order valence-electron chi connectivity index (χ0n) is 11.7. The summed E-state index contributed by atoms with van der Waals surface area (Å²) < 4.78 is 1.84. The standard InChI is InChI=1S/C13H23N3OS/c1-5-13(6-2,18-4)10-15-11-12(17)16(7-3)9-8-14-11/h8-9H,5-7,10H2,1-4H3,(H,14,15). The normalized spacial score (nSPS) is 11.6.